The summed E-state index contributed by atoms with van der Waals surface area (Å²) in [5, 5.41) is 0. The Morgan fingerprint density at radius 2 is 1.77 bits per heavy atom. The highest BCUT2D eigenvalue weighted by molar-refractivity contribution is 9.10. The number of hydrogen-bond donors (Lipinski definition) is 0. The number of aliphatic imine (C=N–C) groups is 1. The summed E-state index contributed by atoms with van der Waals surface area (Å²) < 4.78 is 29.4. The fraction of sp³-hybridized carbons (Fsp3) is 0. The first-order valence-electron chi connectivity index (χ1n) is 6.56. The highest BCUT2D eigenvalue weighted by atomic mass is 79.9. The van der Waals surface area contributed by atoms with Gasteiger partial charge in [-0.25, -0.2) is 8.78 Å². The topological polar surface area (TPSA) is 17.3 Å². The molecule has 0 spiro atoms. The molecular formula is C17H11BrF2N2. The zero-order valence-electron chi connectivity index (χ0n) is 11.4. The van der Waals surface area contributed by atoms with Crippen molar-refractivity contribution in [1.82, 2.24) is 4.57 Å². The molecule has 0 N–H and O–H groups in total. The number of nitrogens with zero attached hydrogens (tertiary/aromatic N) is 2. The largest absolute Gasteiger partial charge is 0.316 e. The number of benzene rings is 2. The van der Waals surface area contributed by atoms with Gasteiger partial charge in [-0.15, -0.1) is 0 Å². The lowest BCUT2D eigenvalue weighted by Gasteiger charge is -2.06. The second kappa shape index (κ2) is 6.23. The minimum atomic E-state index is -0.682. The summed E-state index contributed by atoms with van der Waals surface area (Å²) in [5.41, 5.74) is 1.87. The summed E-state index contributed by atoms with van der Waals surface area (Å²) in [7, 11) is 0. The van der Waals surface area contributed by atoms with Gasteiger partial charge in [0.25, 0.3) is 0 Å². The van der Waals surface area contributed by atoms with Crippen molar-refractivity contribution in [2.75, 3.05) is 0 Å². The van der Waals surface area contributed by atoms with Gasteiger partial charge in [-0.3, -0.25) is 4.99 Å². The van der Waals surface area contributed by atoms with Crippen LogP contribution in [0.4, 0.5) is 14.5 Å². The normalized spacial score (nSPS) is 11.2. The van der Waals surface area contributed by atoms with E-state index in [4.69, 9.17) is 0 Å². The van der Waals surface area contributed by atoms with Gasteiger partial charge in [-0.05, 0) is 48.5 Å². The second-order valence-corrected chi connectivity index (χ2v) is 5.55. The smallest absolute Gasteiger partial charge is 0.151 e. The van der Waals surface area contributed by atoms with Crippen LogP contribution in [0.3, 0.4) is 0 Å². The predicted molar refractivity (Wildman–Crippen MR) is 87.1 cm³/mol. The lowest BCUT2D eigenvalue weighted by Crippen LogP contribution is -1.97. The fourth-order valence-electron chi connectivity index (χ4n) is 2.06. The molecule has 0 saturated carbocycles. The molecule has 0 bridgehead atoms. The first-order chi connectivity index (χ1) is 10.6. The summed E-state index contributed by atoms with van der Waals surface area (Å²) in [6, 6.07) is 14.9. The van der Waals surface area contributed by atoms with Crippen LogP contribution < -0.4 is 0 Å². The maximum absolute atomic E-state index is 13.6. The van der Waals surface area contributed by atoms with Gasteiger partial charge in [-0.1, -0.05) is 15.9 Å². The van der Waals surface area contributed by atoms with Crippen molar-refractivity contribution >= 4 is 27.8 Å². The second-order valence-electron chi connectivity index (χ2n) is 4.63. The third-order valence-electron chi connectivity index (χ3n) is 3.13. The summed E-state index contributed by atoms with van der Waals surface area (Å²) in [4.78, 5) is 4.10. The van der Waals surface area contributed by atoms with E-state index in [1.54, 1.807) is 6.21 Å². The van der Waals surface area contributed by atoms with E-state index in [1.807, 2.05) is 47.2 Å². The van der Waals surface area contributed by atoms with E-state index in [0.717, 1.165) is 21.9 Å². The zero-order valence-corrected chi connectivity index (χ0v) is 13.0. The maximum Gasteiger partial charge on any atom is 0.151 e. The van der Waals surface area contributed by atoms with Crippen LogP contribution in [0.5, 0.6) is 0 Å². The van der Waals surface area contributed by atoms with Crippen molar-refractivity contribution in [1.29, 1.82) is 0 Å². The number of hydrogen-bond acceptors (Lipinski definition) is 1. The van der Waals surface area contributed by atoms with Gasteiger partial charge in [0.1, 0.15) is 5.82 Å². The van der Waals surface area contributed by atoms with E-state index in [-0.39, 0.29) is 5.69 Å². The Morgan fingerprint density at radius 3 is 2.50 bits per heavy atom. The lowest BCUT2D eigenvalue weighted by atomic mass is 10.3. The van der Waals surface area contributed by atoms with Crippen molar-refractivity contribution in [2.24, 2.45) is 4.99 Å². The molecule has 0 aliphatic heterocycles. The van der Waals surface area contributed by atoms with E-state index in [2.05, 4.69) is 20.9 Å². The van der Waals surface area contributed by atoms with E-state index >= 15 is 0 Å². The molecule has 110 valence electrons. The molecule has 0 atom stereocenters. The Balaban J connectivity index is 1.92. The SMILES string of the molecule is Fc1ccc(N=Cc2cccn2-c2ccc(Br)cc2)c(F)c1. The molecule has 0 fully saturated rings. The van der Waals surface area contributed by atoms with Crippen LogP contribution in [0, 0.1) is 11.6 Å². The molecule has 0 unspecified atom stereocenters. The average Bonchev–Trinajstić information content (AvgIpc) is 2.95. The van der Waals surface area contributed by atoms with E-state index in [0.29, 0.717) is 0 Å². The first kappa shape index (κ1) is 14.7. The summed E-state index contributed by atoms with van der Waals surface area (Å²) in [6.07, 6.45) is 3.45. The average molecular weight is 361 g/mol. The zero-order chi connectivity index (χ0) is 15.5. The molecule has 0 radical (unpaired) electrons. The highest BCUT2D eigenvalue weighted by Gasteiger charge is 2.04. The molecule has 1 aromatic heterocycles. The number of aromatic nitrogens is 1. The van der Waals surface area contributed by atoms with Crippen LogP contribution in [-0.2, 0) is 0 Å². The quantitative estimate of drug-likeness (QED) is 0.566. The molecule has 3 rings (SSSR count). The minimum absolute atomic E-state index is 0.102. The summed E-state index contributed by atoms with van der Waals surface area (Å²) in [5.74, 6) is -1.30. The standard InChI is InChI=1S/C17H11BrF2N2/c18-12-3-6-14(7-4-12)22-9-1-2-15(22)11-21-17-8-5-13(19)10-16(17)20/h1-11H. The van der Waals surface area contributed by atoms with E-state index in [9.17, 15) is 8.78 Å². The van der Waals surface area contributed by atoms with Crippen LogP contribution in [-0.4, -0.2) is 10.8 Å². The van der Waals surface area contributed by atoms with Gasteiger partial charge in [0.05, 0.1) is 17.6 Å². The Morgan fingerprint density at radius 1 is 1.00 bits per heavy atom. The van der Waals surface area contributed by atoms with Crippen molar-refractivity contribution in [3.63, 3.8) is 0 Å². The Hall–Kier alpha value is -2.27. The molecule has 1 heterocycles. The van der Waals surface area contributed by atoms with Crippen molar-refractivity contribution in [3.8, 4) is 5.69 Å². The van der Waals surface area contributed by atoms with E-state index < -0.39 is 11.6 Å². The molecule has 0 aliphatic carbocycles. The van der Waals surface area contributed by atoms with Gasteiger partial charge < -0.3 is 4.57 Å². The Kier molecular flexibility index (Phi) is 4.15. The van der Waals surface area contributed by atoms with Gasteiger partial charge in [0.15, 0.2) is 5.82 Å². The van der Waals surface area contributed by atoms with Crippen LogP contribution in [0.1, 0.15) is 5.69 Å². The molecule has 0 amide bonds. The predicted octanol–water partition coefficient (Wildman–Crippen LogP) is 5.27. The molecule has 0 aliphatic rings. The first-order valence-corrected chi connectivity index (χ1v) is 7.35. The third kappa shape index (κ3) is 3.14. The minimum Gasteiger partial charge on any atom is -0.316 e. The van der Waals surface area contributed by atoms with Gasteiger partial charge in [0.2, 0.25) is 0 Å². The monoisotopic (exact) mass is 360 g/mol. The highest BCUT2D eigenvalue weighted by Crippen LogP contribution is 2.19. The van der Waals surface area contributed by atoms with Crippen molar-refractivity contribution in [3.05, 3.63) is 82.6 Å². The summed E-state index contributed by atoms with van der Waals surface area (Å²) in [6.45, 7) is 0. The molecule has 2 aromatic carbocycles. The fourth-order valence-corrected chi connectivity index (χ4v) is 2.32. The molecule has 5 heteroatoms. The molecule has 22 heavy (non-hydrogen) atoms. The lowest BCUT2D eigenvalue weighted by molar-refractivity contribution is 0.585. The molecular weight excluding hydrogens is 350 g/mol. The summed E-state index contributed by atoms with van der Waals surface area (Å²) >= 11 is 3.39. The van der Waals surface area contributed by atoms with Crippen LogP contribution in [0.25, 0.3) is 5.69 Å². The van der Waals surface area contributed by atoms with Crippen LogP contribution >= 0.6 is 15.9 Å². The van der Waals surface area contributed by atoms with Gasteiger partial charge in [0, 0.05) is 22.4 Å². The van der Waals surface area contributed by atoms with Gasteiger partial charge >= 0.3 is 0 Å². The Bertz CT molecular complexity index is 823. The van der Waals surface area contributed by atoms with E-state index in [1.165, 1.54) is 12.1 Å². The van der Waals surface area contributed by atoms with Crippen molar-refractivity contribution in [2.45, 2.75) is 0 Å². The Labute approximate surface area is 134 Å². The third-order valence-corrected chi connectivity index (χ3v) is 3.66. The number of rotatable bonds is 3. The molecule has 0 saturated heterocycles. The van der Waals surface area contributed by atoms with Crippen LogP contribution in [0.2, 0.25) is 0 Å². The maximum atomic E-state index is 13.6. The molecule has 2 nitrogen and oxygen atoms in total. The van der Waals surface area contributed by atoms with Gasteiger partial charge in [-0.2, -0.15) is 0 Å². The molecule has 3 aromatic rings. The van der Waals surface area contributed by atoms with Crippen molar-refractivity contribution < 1.29 is 8.78 Å². The van der Waals surface area contributed by atoms with Crippen LogP contribution in [0.15, 0.2) is 70.3 Å². The number of halogens is 3.